The Bertz CT molecular complexity index is 447. The molecule has 0 spiro atoms. The van der Waals surface area contributed by atoms with Crippen LogP contribution in [0.15, 0.2) is 18.2 Å². The maximum Gasteiger partial charge on any atom is 0.272 e. The molecule has 4 heteroatoms. The van der Waals surface area contributed by atoms with Gasteiger partial charge in [0.2, 0.25) is 0 Å². The molecule has 1 aromatic heterocycles. The van der Waals surface area contributed by atoms with Gasteiger partial charge in [0.05, 0.1) is 0 Å². The number of pyridine rings is 1. The first-order chi connectivity index (χ1) is 9.11. The van der Waals surface area contributed by atoms with Crippen molar-refractivity contribution in [3.63, 3.8) is 0 Å². The molecule has 1 amide bonds. The first kappa shape index (κ1) is 13.8. The second-order valence-corrected chi connectivity index (χ2v) is 5.49. The van der Waals surface area contributed by atoms with Crippen molar-refractivity contribution >= 4 is 11.7 Å². The lowest BCUT2D eigenvalue weighted by Crippen LogP contribution is -2.29. The van der Waals surface area contributed by atoms with Gasteiger partial charge in [-0.05, 0) is 36.8 Å². The molecule has 1 aliphatic carbocycles. The standard InChI is InChI=1S/C15H23N3O/c1-4-8-16-14-7-5-6-13(17-14)15(19)18(3)10-12-9-11(12)2/h5-7,11-12H,4,8-10H2,1-3H3,(H,16,17). The highest BCUT2D eigenvalue weighted by molar-refractivity contribution is 5.92. The largest absolute Gasteiger partial charge is 0.370 e. The van der Waals surface area contributed by atoms with Crippen LogP contribution in [0.4, 0.5) is 5.82 Å². The molecule has 0 saturated heterocycles. The molecule has 19 heavy (non-hydrogen) atoms. The first-order valence-electron chi connectivity index (χ1n) is 7.08. The van der Waals surface area contributed by atoms with E-state index in [9.17, 15) is 4.79 Å². The molecule has 1 fully saturated rings. The number of anilines is 1. The van der Waals surface area contributed by atoms with Crippen LogP contribution in [0.3, 0.4) is 0 Å². The Balaban J connectivity index is 1.97. The molecule has 0 aromatic carbocycles. The van der Waals surface area contributed by atoms with Crippen LogP contribution in [-0.2, 0) is 0 Å². The van der Waals surface area contributed by atoms with Crippen LogP contribution >= 0.6 is 0 Å². The summed E-state index contributed by atoms with van der Waals surface area (Å²) in [7, 11) is 1.86. The minimum absolute atomic E-state index is 0.0132. The molecular formula is C15H23N3O. The highest BCUT2D eigenvalue weighted by Crippen LogP contribution is 2.38. The smallest absolute Gasteiger partial charge is 0.272 e. The summed E-state index contributed by atoms with van der Waals surface area (Å²) in [4.78, 5) is 18.4. The summed E-state index contributed by atoms with van der Waals surface area (Å²) in [5.41, 5.74) is 0.525. The molecule has 104 valence electrons. The Labute approximate surface area is 115 Å². The highest BCUT2D eigenvalue weighted by Gasteiger charge is 2.34. The van der Waals surface area contributed by atoms with Crippen LogP contribution in [0.25, 0.3) is 0 Å². The summed E-state index contributed by atoms with van der Waals surface area (Å²) < 4.78 is 0. The molecule has 1 heterocycles. The van der Waals surface area contributed by atoms with E-state index in [1.165, 1.54) is 6.42 Å². The van der Waals surface area contributed by atoms with Crippen molar-refractivity contribution < 1.29 is 4.79 Å². The second-order valence-electron chi connectivity index (χ2n) is 5.49. The number of aromatic nitrogens is 1. The fourth-order valence-corrected chi connectivity index (χ4v) is 2.19. The van der Waals surface area contributed by atoms with Crippen LogP contribution in [0.2, 0.25) is 0 Å². The van der Waals surface area contributed by atoms with Gasteiger partial charge in [0.1, 0.15) is 11.5 Å². The minimum Gasteiger partial charge on any atom is -0.370 e. The van der Waals surface area contributed by atoms with Crippen LogP contribution in [0, 0.1) is 11.8 Å². The van der Waals surface area contributed by atoms with Gasteiger partial charge in [-0.2, -0.15) is 0 Å². The van der Waals surface area contributed by atoms with Gasteiger partial charge >= 0.3 is 0 Å². The Morgan fingerprint density at radius 3 is 2.89 bits per heavy atom. The van der Waals surface area contributed by atoms with Crippen LogP contribution < -0.4 is 5.32 Å². The van der Waals surface area contributed by atoms with Gasteiger partial charge in [-0.3, -0.25) is 4.79 Å². The summed E-state index contributed by atoms with van der Waals surface area (Å²) in [6.07, 6.45) is 2.28. The van der Waals surface area contributed by atoms with Crippen molar-refractivity contribution in [3.8, 4) is 0 Å². The summed E-state index contributed by atoms with van der Waals surface area (Å²) >= 11 is 0. The van der Waals surface area contributed by atoms with E-state index in [-0.39, 0.29) is 5.91 Å². The SMILES string of the molecule is CCCNc1cccc(C(=O)N(C)CC2CC2C)n1. The molecule has 2 atom stereocenters. The predicted molar refractivity (Wildman–Crippen MR) is 77.2 cm³/mol. The number of rotatable bonds is 6. The van der Waals surface area contributed by atoms with Gasteiger partial charge in [0.25, 0.3) is 5.91 Å². The Morgan fingerprint density at radius 2 is 2.26 bits per heavy atom. The van der Waals surface area contributed by atoms with Gasteiger partial charge in [-0.15, -0.1) is 0 Å². The van der Waals surface area contributed by atoms with Gasteiger partial charge < -0.3 is 10.2 Å². The molecule has 1 saturated carbocycles. The molecule has 0 radical (unpaired) electrons. The molecule has 1 N–H and O–H groups in total. The van der Waals surface area contributed by atoms with Gasteiger partial charge in [-0.1, -0.05) is 19.9 Å². The monoisotopic (exact) mass is 261 g/mol. The van der Waals surface area contributed by atoms with Gasteiger partial charge in [0.15, 0.2) is 0 Å². The summed E-state index contributed by atoms with van der Waals surface area (Å²) in [6.45, 7) is 6.05. The van der Waals surface area contributed by atoms with Crippen molar-refractivity contribution in [2.75, 3.05) is 25.5 Å². The zero-order valence-electron chi connectivity index (χ0n) is 12.0. The van der Waals surface area contributed by atoms with Crippen molar-refractivity contribution in [1.82, 2.24) is 9.88 Å². The molecule has 2 unspecified atom stereocenters. The van der Waals surface area contributed by atoms with Crippen molar-refractivity contribution in [1.29, 1.82) is 0 Å². The van der Waals surface area contributed by atoms with Crippen molar-refractivity contribution in [2.45, 2.75) is 26.7 Å². The predicted octanol–water partition coefficient (Wildman–Crippen LogP) is 2.63. The Hall–Kier alpha value is -1.58. The van der Waals surface area contributed by atoms with E-state index >= 15 is 0 Å². The zero-order valence-corrected chi connectivity index (χ0v) is 12.0. The van der Waals surface area contributed by atoms with E-state index in [1.54, 1.807) is 11.0 Å². The number of amides is 1. The molecule has 4 nitrogen and oxygen atoms in total. The summed E-state index contributed by atoms with van der Waals surface area (Å²) in [5, 5.41) is 3.21. The Morgan fingerprint density at radius 1 is 1.53 bits per heavy atom. The molecule has 1 aromatic rings. The van der Waals surface area contributed by atoms with E-state index in [2.05, 4.69) is 24.1 Å². The van der Waals surface area contributed by atoms with Crippen molar-refractivity contribution in [2.24, 2.45) is 11.8 Å². The topological polar surface area (TPSA) is 45.2 Å². The number of carbonyl (C=O) groups is 1. The third-order valence-corrected chi connectivity index (χ3v) is 3.66. The maximum absolute atomic E-state index is 12.3. The molecule has 0 aliphatic heterocycles. The summed E-state index contributed by atoms with van der Waals surface area (Å²) in [5.74, 6) is 2.23. The third-order valence-electron chi connectivity index (χ3n) is 3.66. The zero-order chi connectivity index (χ0) is 13.8. The van der Waals surface area contributed by atoms with Crippen molar-refractivity contribution in [3.05, 3.63) is 23.9 Å². The summed E-state index contributed by atoms with van der Waals surface area (Å²) in [6, 6.07) is 5.56. The third kappa shape index (κ3) is 3.69. The van der Waals surface area contributed by atoms with E-state index in [0.717, 1.165) is 31.2 Å². The minimum atomic E-state index is 0.0132. The van der Waals surface area contributed by atoms with Gasteiger partial charge in [0, 0.05) is 20.1 Å². The molecule has 0 bridgehead atoms. The molecule has 1 aliphatic rings. The fourth-order valence-electron chi connectivity index (χ4n) is 2.19. The fraction of sp³-hybridized carbons (Fsp3) is 0.600. The number of nitrogens with one attached hydrogen (secondary N) is 1. The van der Waals surface area contributed by atoms with Gasteiger partial charge in [-0.25, -0.2) is 4.98 Å². The number of hydrogen-bond acceptors (Lipinski definition) is 3. The van der Waals surface area contributed by atoms with Crippen LogP contribution in [-0.4, -0.2) is 35.9 Å². The number of nitrogens with zero attached hydrogens (tertiary/aromatic N) is 2. The normalized spacial score (nSPS) is 21.0. The lowest BCUT2D eigenvalue weighted by Gasteiger charge is -2.17. The van der Waals surface area contributed by atoms with E-state index in [0.29, 0.717) is 11.6 Å². The van der Waals surface area contributed by atoms with E-state index in [4.69, 9.17) is 0 Å². The second kappa shape index (κ2) is 6.04. The van der Waals surface area contributed by atoms with E-state index in [1.807, 2.05) is 19.2 Å². The average molecular weight is 261 g/mol. The lowest BCUT2D eigenvalue weighted by atomic mass is 10.2. The molecule has 2 rings (SSSR count). The first-order valence-corrected chi connectivity index (χ1v) is 7.08. The number of carbonyl (C=O) groups excluding carboxylic acids is 1. The average Bonchev–Trinajstić information content (AvgIpc) is 3.11. The highest BCUT2D eigenvalue weighted by atomic mass is 16.2. The van der Waals surface area contributed by atoms with Crippen LogP contribution in [0.1, 0.15) is 37.2 Å². The van der Waals surface area contributed by atoms with E-state index < -0.39 is 0 Å². The maximum atomic E-state index is 12.3. The number of hydrogen-bond donors (Lipinski definition) is 1. The molecular weight excluding hydrogens is 238 g/mol. The van der Waals surface area contributed by atoms with Crippen LogP contribution in [0.5, 0.6) is 0 Å². The lowest BCUT2D eigenvalue weighted by molar-refractivity contribution is 0.0781. The quantitative estimate of drug-likeness (QED) is 0.856. The Kier molecular flexibility index (Phi) is 4.40.